The molecule has 1 aromatic rings. The molecule has 0 bridgehead atoms. The Balaban J connectivity index is 1.75. The Bertz CT molecular complexity index is 359. The zero-order valence-corrected chi connectivity index (χ0v) is 12.0. The summed E-state index contributed by atoms with van der Waals surface area (Å²) < 4.78 is 1.18. The lowest BCUT2D eigenvalue weighted by atomic mass is 9.96. The number of piperidine rings is 1. The van der Waals surface area contributed by atoms with Crippen molar-refractivity contribution < 1.29 is 0 Å². The van der Waals surface area contributed by atoms with Crippen LogP contribution in [-0.4, -0.2) is 19.6 Å². The highest BCUT2D eigenvalue weighted by Crippen LogP contribution is 2.20. The van der Waals surface area contributed by atoms with Gasteiger partial charge in [0.25, 0.3) is 0 Å². The maximum atomic E-state index is 3.52. The van der Waals surface area contributed by atoms with Crippen molar-refractivity contribution in [2.45, 2.75) is 26.2 Å². The highest BCUT2D eigenvalue weighted by molar-refractivity contribution is 9.10. The van der Waals surface area contributed by atoms with E-state index in [0.717, 1.165) is 12.5 Å². The average Bonchev–Trinajstić information content (AvgIpc) is 2.35. The summed E-state index contributed by atoms with van der Waals surface area (Å²) in [6.07, 6.45) is 3.98. The lowest BCUT2D eigenvalue weighted by Crippen LogP contribution is -2.30. The molecule has 2 nitrogen and oxygen atoms in total. The minimum absolute atomic E-state index is 0.854. The Kier molecular flexibility index (Phi) is 4.86. The number of aryl methyl sites for hydroxylation is 1. The van der Waals surface area contributed by atoms with Crippen molar-refractivity contribution >= 4 is 21.6 Å². The van der Waals surface area contributed by atoms with Crippen molar-refractivity contribution in [1.82, 2.24) is 5.32 Å². The Morgan fingerprint density at radius 1 is 1.47 bits per heavy atom. The van der Waals surface area contributed by atoms with Gasteiger partial charge in [-0.05, 0) is 69.0 Å². The third-order valence-electron chi connectivity index (χ3n) is 3.44. The predicted molar refractivity (Wildman–Crippen MR) is 77.6 cm³/mol. The molecule has 0 spiro atoms. The number of hydrogen-bond donors (Lipinski definition) is 2. The first-order chi connectivity index (χ1) is 8.25. The molecule has 1 saturated heterocycles. The average molecular weight is 297 g/mol. The molecular weight excluding hydrogens is 276 g/mol. The van der Waals surface area contributed by atoms with E-state index in [1.807, 2.05) is 0 Å². The first-order valence-corrected chi connectivity index (χ1v) is 7.26. The summed E-state index contributed by atoms with van der Waals surface area (Å²) in [5.74, 6) is 0.854. The third-order valence-corrected chi connectivity index (χ3v) is 4.33. The van der Waals surface area contributed by atoms with Crippen LogP contribution in [0.4, 0.5) is 5.69 Å². The fourth-order valence-electron chi connectivity index (χ4n) is 2.35. The quantitative estimate of drug-likeness (QED) is 0.888. The van der Waals surface area contributed by atoms with Gasteiger partial charge < -0.3 is 10.6 Å². The highest BCUT2D eigenvalue weighted by atomic mass is 79.9. The molecule has 1 atom stereocenters. The molecule has 17 heavy (non-hydrogen) atoms. The molecule has 1 aliphatic rings. The van der Waals surface area contributed by atoms with Gasteiger partial charge in [-0.15, -0.1) is 0 Å². The van der Waals surface area contributed by atoms with Crippen LogP contribution in [0, 0.1) is 12.8 Å². The van der Waals surface area contributed by atoms with E-state index in [4.69, 9.17) is 0 Å². The minimum atomic E-state index is 0.854. The standard InChI is InChI=1S/C14H21BrN2/c1-11-9-13(4-5-14(11)15)17-8-6-12-3-2-7-16-10-12/h4-5,9,12,16-17H,2-3,6-8,10H2,1H3. The maximum absolute atomic E-state index is 3.52. The number of hydrogen-bond acceptors (Lipinski definition) is 2. The van der Waals surface area contributed by atoms with E-state index < -0.39 is 0 Å². The first-order valence-electron chi connectivity index (χ1n) is 6.46. The van der Waals surface area contributed by atoms with Gasteiger partial charge in [0.2, 0.25) is 0 Å². The van der Waals surface area contributed by atoms with Crippen molar-refractivity contribution in [2.75, 3.05) is 25.0 Å². The normalized spacial score (nSPS) is 20.2. The van der Waals surface area contributed by atoms with Crippen LogP contribution < -0.4 is 10.6 Å². The van der Waals surface area contributed by atoms with Crippen LogP contribution in [0.15, 0.2) is 22.7 Å². The van der Waals surface area contributed by atoms with Crippen molar-refractivity contribution in [1.29, 1.82) is 0 Å². The topological polar surface area (TPSA) is 24.1 Å². The van der Waals surface area contributed by atoms with Crippen LogP contribution in [0.25, 0.3) is 0 Å². The third kappa shape index (κ3) is 4.00. The number of anilines is 1. The van der Waals surface area contributed by atoms with Crippen LogP contribution in [0.1, 0.15) is 24.8 Å². The molecule has 1 aliphatic heterocycles. The van der Waals surface area contributed by atoms with E-state index in [1.54, 1.807) is 0 Å². The van der Waals surface area contributed by atoms with Crippen LogP contribution in [0.2, 0.25) is 0 Å². The van der Waals surface area contributed by atoms with Gasteiger partial charge in [0.15, 0.2) is 0 Å². The summed E-state index contributed by atoms with van der Waals surface area (Å²) in [6, 6.07) is 6.44. The summed E-state index contributed by atoms with van der Waals surface area (Å²) in [7, 11) is 0. The van der Waals surface area contributed by atoms with E-state index in [1.165, 1.54) is 48.1 Å². The number of nitrogens with one attached hydrogen (secondary N) is 2. The van der Waals surface area contributed by atoms with Crippen molar-refractivity contribution in [2.24, 2.45) is 5.92 Å². The molecule has 0 aliphatic carbocycles. The van der Waals surface area contributed by atoms with Crippen LogP contribution in [0.5, 0.6) is 0 Å². The molecule has 0 radical (unpaired) electrons. The number of halogens is 1. The smallest absolute Gasteiger partial charge is 0.0343 e. The molecule has 3 heteroatoms. The molecule has 0 saturated carbocycles. The zero-order valence-electron chi connectivity index (χ0n) is 10.4. The van der Waals surface area contributed by atoms with Crippen molar-refractivity contribution in [3.63, 3.8) is 0 Å². The van der Waals surface area contributed by atoms with E-state index in [9.17, 15) is 0 Å². The van der Waals surface area contributed by atoms with Gasteiger partial charge in [-0.2, -0.15) is 0 Å². The van der Waals surface area contributed by atoms with Gasteiger partial charge in [-0.25, -0.2) is 0 Å². The number of benzene rings is 1. The van der Waals surface area contributed by atoms with Gasteiger partial charge in [0, 0.05) is 16.7 Å². The van der Waals surface area contributed by atoms with Gasteiger partial charge in [-0.1, -0.05) is 15.9 Å². The minimum Gasteiger partial charge on any atom is -0.385 e. The molecule has 0 aromatic heterocycles. The Morgan fingerprint density at radius 3 is 3.06 bits per heavy atom. The second kappa shape index (κ2) is 6.41. The second-order valence-corrected chi connectivity index (χ2v) is 5.75. The van der Waals surface area contributed by atoms with Crippen molar-refractivity contribution in [3.05, 3.63) is 28.2 Å². The Morgan fingerprint density at radius 2 is 2.35 bits per heavy atom. The summed E-state index contributed by atoms with van der Waals surface area (Å²) >= 11 is 3.52. The molecule has 94 valence electrons. The molecule has 0 amide bonds. The molecule has 1 heterocycles. The van der Waals surface area contributed by atoms with Gasteiger partial charge in [0.05, 0.1) is 0 Å². The van der Waals surface area contributed by atoms with E-state index in [0.29, 0.717) is 0 Å². The van der Waals surface area contributed by atoms with Crippen LogP contribution in [0.3, 0.4) is 0 Å². The van der Waals surface area contributed by atoms with E-state index in [-0.39, 0.29) is 0 Å². The fraction of sp³-hybridized carbons (Fsp3) is 0.571. The summed E-state index contributed by atoms with van der Waals surface area (Å²) in [5, 5.41) is 6.98. The fourth-order valence-corrected chi connectivity index (χ4v) is 2.59. The first kappa shape index (κ1) is 12.9. The summed E-state index contributed by atoms with van der Waals surface area (Å²) in [6.45, 7) is 5.60. The molecule has 1 unspecified atom stereocenters. The largest absolute Gasteiger partial charge is 0.385 e. The highest BCUT2D eigenvalue weighted by Gasteiger charge is 2.11. The summed E-state index contributed by atoms with van der Waals surface area (Å²) in [5.41, 5.74) is 2.52. The van der Waals surface area contributed by atoms with Crippen LogP contribution >= 0.6 is 15.9 Å². The summed E-state index contributed by atoms with van der Waals surface area (Å²) in [4.78, 5) is 0. The zero-order chi connectivity index (χ0) is 12.1. The SMILES string of the molecule is Cc1cc(NCCC2CCCNC2)ccc1Br. The van der Waals surface area contributed by atoms with E-state index in [2.05, 4.69) is 51.7 Å². The monoisotopic (exact) mass is 296 g/mol. The van der Waals surface area contributed by atoms with Crippen LogP contribution in [-0.2, 0) is 0 Å². The maximum Gasteiger partial charge on any atom is 0.0343 e. The van der Waals surface area contributed by atoms with Gasteiger partial charge in [0.1, 0.15) is 0 Å². The lowest BCUT2D eigenvalue weighted by Gasteiger charge is -2.22. The Hall–Kier alpha value is -0.540. The predicted octanol–water partition coefficient (Wildman–Crippen LogP) is 3.56. The lowest BCUT2D eigenvalue weighted by molar-refractivity contribution is 0.364. The van der Waals surface area contributed by atoms with Crippen molar-refractivity contribution in [3.8, 4) is 0 Å². The molecular formula is C14H21BrN2. The van der Waals surface area contributed by atoms with Gasteiger partial charge >= 0.3 is 0 Å². The Labute approximate surface area is 112 Å². The second-order valence-electron chi connectivity index (χ2n) is 4.89. The van der Waals surface area contributed by atoms with Gasteiger partial charge in [-0.3, -0.25) is 0 Å². The molecule has 2 N–H and O–H groups in total. The number of rotatable bonds is 4. The molecule has 2 rings (SSSR count). The van der Waals surface area contributed by atoms with E-state index >= 15 is 0 Å². The molecule has 1 fully saturated rings. The molecule has 1 aromatic carbocycles.